The van der Waals surface area contributed by atoms with Crippen molar-refractivity contribution in [3.8, 4) is 5.75 Å². The van der Waals surface area contributed by atoms with E-state index >= 15 is 0 Å². The van der Waals surface area contributed by atoms with Crippen LogP contribution in [-0.2, 0) is 16.6 Å². The van der Waals surface area contributed by atoms with Crippen molar-refractivity contribution >= 4 is 15.7 Å². The highest BCUT2D eigenvalue weighted by Gasteiger charge is 2.26. The molecule has 0 aliphatic heterocycles. The Kier molecular flexibility index (Phi) is 5.70. The van der Waals surface area contributed by atoms with Gasteiger partial charge in [0.1, 0.15) is 11.6 Å². The van der Waals surface area contributed by atoms with Gasteiger partial charge in [0.05, 0.1) is 24.2 Å². The fourth-order valence-corrected chi connectivity index (χ4v) is 4.27. The maximum absolute atomic E-state index is 14.2. The van der Waals surface area contributed by atoms with E-state index in [1.54, 1.807) is 68.6 Å². The molecule has 3 aromatic carbocycles. The number of aryl methyl sites for hydroxylation is 2. The van der Waals surface area contributed by atoms with E-state index in [0.717, 1.165) is 11.1 Å². The maximum atomic E-state index is 14.2. The number of halogens is 1. The summed E-state index contributed by atoms with van der Waals surface area (Å²) in [6.07, 6.45) is 0. The summed E-state index contributed by atoms with van der Waals surface area (Å²) >= 11 is 0. The van der Waals surface area contributed by atoms with Crippen LogP contribution in [0.15, 0.2) is 71.6 Å². The van der Waals surface area contributed by atoms with Gasteiger partial charge in [-0.05, 0) is 61.4 Å². The molecule has 4 nitrogen and oxygen atoms in total. The molecule has 0 spiro atoms. The average Bonchev–Trinajstić information content (AvgIpc) is 2.69. The first-order valence-corrected chi connectivity index (χ1v) is 10.2. The second kappa shape index (κ2) is 8.02. The Bertz CT molecular complexity index is 1080. The van der Waals surface area contributed by atoms with Gasteiger partial charge in [0.2, 0.25) is 0 Å². The summed E-state index contributed by atoms with van der Waals surface area (Å²) in [6.45, 7) is 3.58. The minimum atomic E-state index is -3.89. The fourth-order valence-electron chi connectivity index (χ4n) is 2.83. The van der Waals surface area contributed by atoms with Crippen LogP contribution in [0.2, 0.25) is 0 Å². The summed E-state index contributed by atoms with van der Waals surface area (Å²) in [4.78, 5) is 0.155. The van der Waals surface area contributed by atoms with Gasteiger partial charge in [-0.15, -0.1) is 0 Å². The predicted molar refractivity (Wildman–Crippen MR) is 109 cm³/mol. The van der Waals surface area contributed by atoms with E-state index in [4.69, 9.17) is 4.74 Å². The minimum Gasteiger partial charge on any atom is -0.497 e. The molecule has 0 atom stereocenters. The third-order valence-electron chi connectivity index (χ3n) is 4.51. The average molecular weight is 399 g/mol. The van der Waals surface area contributed by atoms with E-state index in [0.29, 0.717) is 11.3 Å². The Labute approximate surface area is 165 Å². The Balaban J connectivity index is 2.10. The first-order valence-electron chi connectivity index (χ1n) is 8.80. The topological polar surface area (TPSA) is 46.6 Å². The molecule has 0 radical (unpaired) electrons. The van der Waals surface area contributed by atoms with Crippen molar-refractivity contribution in [1.82, 2.24) is 0 Å². The highest BCUT2D eigenvalue weighted by molar-refractivity contribution is 7.92. The lowest BCUT2D eigenvalue weighted by Gasteiger charge is -2.25. The van der Waals surface area contributed by atoms with Crippen molar-refractivity contribution in [1.29, 1.82) is 0 Å². The summed E-state index contributed by atoms with van der Waals surface area (Å²) in [6, 6.07) is 18.2. The number of rotatable bonds is 6. The van der Waals surface area contributed by atoms with E-state index in [-0.39, 0.29) is 17.1 Å². The predicted octanol–water partition coefficient (Wildman–Crippen LogP) is 4.85. The normalized spacial score (nSPS) is 11.3. The number of nitrogens with zero attached hydrogens (tertiary/aromatic N) is 1. The molecule has 3 rings (SSSR count). The number of benzene rings is 3. The molecule has 0 fully saturated rings. The monoisotopic (exact) mass is 399 g/mol. The van der Waals surface area contributed by atoms with Gasteiger partial charge in [-0.2, -0.15) is 0 Å². The van der Waals surface area contributed by atoms with Gasteiger partial charge in [0, 0.05) is 0 Å². The van der Waals surface area contributed by atoms with Crippen LogP contribution in [0, 0.1) is 19.7 Å². The number of methoxy groups -OCH3 is 1. The highest BCUT2D eigenvalue weighted by atomic mass is 32.2. The van der Waals surface area contributed by atoms with Crippen molar-refractivity contribution in [2.45, 2.75) is 25.3 Å². The molecule has 28 heavy (non-hydrogen) atoms. The third kappa shape index (κ3) is 4.17. The largest absolute Gasteiger partial charge is 0.497 e. The van der Waals surface area contributed by atoms with Crippen LogP contribution in [0.4, 0.5) is 10.1 Å². The lowest BCUT2D eigenvalue weighted by atomic mass is 10.2. The number of ether oxygens (including phenoxy) is 1. The van der Waals surface area contributed by atoms with Crippen molar-refractivity contribution in [3.05, 3.63) is 89.2 Å². The zero-order valence-corrected chi connectivity index (χ0v) is 16.8. The van der Waals surface area contributed by atoms with E-state index in [1.165, 1.54) is 10.4 Å². The lowest BCUT2D eigenvalue weighted by molar-refractivity contribution is 0.414. The first kappa shape index (κ1) is 19.9. The molecule has 0 bridgehead atoms. The molecular formula is C22H22FNO3S. The van der Waals surface area contributed by atoms with Gasteiger partial charge >= 0.3 is 0 Å². The lowest BCUT2D eigenvalue weighted by Crippen LogP contribution is -2.30. The SMILES string of the molecule is COc1cccc(CN(c2ccc(C)c(F)c2)S(=O)(=O)c2ccc(C)cc2)c1. The summed E-state index contributed by atoms with van der Waals surface area (Å²) in [7, 11) is -2.34. The van der Waals surface area contributed by atoms with Crippen LogP contribution in [-0.4, -0.2) is 15.5 Å². The summed E-state index contributed by atoms with van der Waals surface area (Å²) < 4.78 is 47.4. The Hall–Kier alpha value is -2.86. The molecule has 0 amide bonds. The molecule has 0 N–H and O–H groups in total. The molecule has 0 unspecified atom stereocenters. The summed E-state index contributed by atoms with van der Waals surface area (Å²) in [5, 5.41) is 0. The van der Waals surface area contributed by atoms with Crippen molar-refractivity contribution in [2.24, 2.45) is 0 Å². The van der Waals surface area contributed by atoms with Gasteiger partial charge in [0.25, 0.3) is 10.0 Å². The van der Waals surface area contributed by atoms with Gasteiger partial charge < -0.3 is 4.74 Å². The quantitative estimate of drug-likeness (QED) is 0.595. The molecular weight excluding hydrogens is 377 g/mol. The molecule has 0 heterocycles. The molecule has 0 aromatic heterocycles. The van der Waals surface area contributed by atoms with Crippen LogP contribution in [0.5, 0.6) is 5.75 Å². The Morgan fingerprint density at radius 2 is 1.68 bits per heavy atom. The van der Waals surface area contributed by atoms with Gasteiger partial charge in [-0.1, -0.05) is 35.9 Å². The number of hydrogen-bond donors (Lipinski definition) is 0. The highest BCUT2D eigenvalue weighted by Crippen LogP contribution is 2.28. The smallest absolute Gasteiger partial charge is 0.264 e. The molecule has 0 saturated heterocycles. The fraction of sp³-hybridized carbons (Fsp3) is 0.182. The van der Waals surface area contributed by atoms with Crippen LogP contribution < -0.4 is 9.04 Å². The van der Waals surface area contributed by atoms with E-state index in [9.17, 15) is 12.8 Å². The summed E-state index contributed by atoms with van der Waals surface area (Å²) in [5.41, 5.74) is 2.42. The Morgan fingerprint density at radius 3 is 2.32 bits per heavy atom. The number of hydrogen-bond acceptors (Lipinski definition) is 3. The Morgan fingerprint density at radius 1 is 0.964 bits per heavy atom. The molecule has 0 aliphatic rings. The zero-order chi connectivity index (χ0) is 20.3. The second-order valence-corrected chi connectivity index (χ2v) is 8.47. The third-order valence-corrected chi connectivity index (χ3v) is 6.30. The summed E-state index contributed by atoms with van der Waals surface area (Å²) in [5.74, 6) is 0.174. The molecule has 0 aliphatic carbocycles. The zero-order valence-electron chi connectivity index (χ0n) is 16.0. The van der Waals surface area contributed by atoms with Gasteiger partial charge in [0.15, 0.2) is 0 Å². The van der Waals surface area contributed by atoms with Crippen LogP contribution in [0.25, 0.3) is 0 Å². The van der Waals surface area contributed by atoms with Gasteiger partial charge in [-0.3, -0.25) is 4.31 Å². The maximum Gasteiger partial charge on any atom is 0.264 e. The molecule has 6 heteroatoms. The van der Waals surface area contributed by atoms with E-state index < -0.39 is 15.8 Å². The molecule has 3 aromatic rings. The first-order chi connectivity index (χ1) is 13.3. The van der Waals surface area contributed by atoms with E-state index in [1.807, 2.05) is 13.0 Å². The van der Waals surface area contributed by atoms with Crippen LogP contribution in [0.3, 0.4) is 0 Å². The standard InChI is InChI=1S/C22H22FNO3S/c1-16-7-11-21(12-8-16)28(25,26)24(19-10-9-17(2)22(23)14-19)15-18-5-4-6-20(13-18)27-3/h4-14H,15H2,1-3H3. The van der Waals surface area contributed by atoms with Gasteiger partial charge in [-0.25, -0.2) is 12.8 Å². The van der Waals surface area contributed by atoms with Crippen LogP contribution >= 0.6 is 0 Å². The van der Waals surface area contributed by atoms with Crippen LogP contribution in [0.1, 0.15) is 16.7 Å². The van der Waals surface area contributed by atoms with E-state index in [2.05, 4.69) is 0 Å². The van der Waals surface area contributed by atoms with Crippen molar-refractivity contribution in [2.75, 3.05) is 11.4 Å². The minimum absolute atomic E-state index is 0.0515. The molecule has 0 saturated carbocycles. The number of anilines is 1. The molecule has 146 valence electrons. The van der Waals surface area contributed by atoms with Crippen molar-refractivity contribution < 1.29 is 17.5 Å². The second-order valence-electron chi connectivity index (χ2n) is 6.61. The number of sulfonamides is 1. The van der Waals surface area contributed by atoms with Crippen molar-refractivity contribution in [3.63, 3.8) is 0 Å².